The van der Waals surface area contributed by atoms with Crippen molar-refractivity contribution in [3.05, 3.63) is 58.6 Å². The monoisotopic (exact) mass is 590 g/mol. The summed E-state index contributed by atoms with van der Waals surface area (Å²) in [5.74, 6) is 2.35. The predicted molar refractivity (Wildman–Crippen MR) is 156 cm³/mol. The Kier molecular flexibility index (Phi) is 7.27. The second kappa shape index (κ2) is 11.2. The number of imidazole rings is 1. The first-order chi connectivity index (χ1) is 20.8. The fourth-order valence-electron chi connectivity index (χ4n) is 6.23. The molecule has 0 amide bonds. The Bertz CT molecular complexity index is 1700. The van der Waals surface area contributed by atoms with Crippen LogP contribution in [0.2, 0.25) is 0 Å². The van der Waals surface area contributed by atoms with Gasteiger partial charge < -0.3 is 34.8 Å². The van der Waals surface area contributed by atoms with Crippen LogP contribution >= 0.6 is 0 Å². The predicted octanol–water partition coefficient (Wildman–Crippen LogP) is 2.27. The lowest BCUT2D eigenvalue weighted by Gasteiger charge is -2.27. The molecule has 1 saturated heterocycles. The summed E-state index contributed by atoms with van der Waals surface area (Å²) < 4.78 is 19.1. The van der Waals surface area contributed by atoms with Crippen molar-refractivity contribution in [2.45, 2.75) is 44.4 Å². The third-order valence-corrected chi connectivity index (χ3v) is 8.24. The number of nitrogens with one attached hydrogen (secondary N) is 1. The van der Waals surface area contributed by atoms with Crippen LogP contribution in [0.4, 0.5) is 11.6 Å². The fraction of sp³-hybridized carbons (Fsp3) is 0.433. The van der Waals surface area contributed by atoms with Gasteiger partial charge in [-0.3, -0.25) is 9.47 Å². The molecule has 13 nitrogen and oxygen atoms in total. The van der Waals surface area contributed by atoms with Crippen molar-refractivity contribution in [2.75, 3.05) is 44.8 Å². The third-order valence-electron chi connectivity index (χ3n) is 8.24. The van der Waals surface area contributed by atoms with Crippen molar-refractivity contribution in [3.8, 4) is 22.8 Å². The molecule has 5 heterocycles. The standard InChI is InChI=1S/C30H34N6O7/c37-29-35(21-3-1-2-4-21)23-16-27(31-17-24(23)36(29)30(38,39)40)33-28-14-19(18-34-7-9-41-10-8-34)13-22(32-28)20-5-6-25-26(15-20)43-12-11-42-25/h5-6,13-17,21,38-40H,1-4,7-12,18H2,(H,31,32,33). The minimum Gasteiger partial charge on any atom is -0.486 e. The third kappa shape index (κ3) is 5.57. The van der Waals surface area contributed by atoms with E-state index < -0.39 is 11.8 Å². The molecule has 4 N–H and O–H groups in total. The second-order valence-corrected chi connectivity index (χ2v) is 11.2. The first-order valence-corrected chi connectivity index (χ1v) is 14.6. The highest BCUT2D eigenvalue weighted by molar-refractivity contribution is 5.79. The molecular weight excluding hydrogens is 556 g/mol. The van der Waals surface area contributed by atoms with Gasteiger partial charge in [0.2, 0.25) is 0 Å². The van der Waals surface area contributed by atoms with E-state index in [2.05, 4.69) is 21.3 Å². The lowest BCUT2D eigenvalue weighted by atomic mass is 10.1. The number of pyridine rings is 2. The lowest BCUT2D eigenvalue weighted by Crippen LogP contribution is -2.41. The molecule has 1 aliphatic carbocycles. The number of benzene rings is 1. The molecule has 0 radical (unpaired) electrons. The van der Waals surface area contributed by atoms with E-state index in [1.54, 1.807) is 6.07 Å². The molecule has 1 saturated carbocycles. The highest BCUT2D eigenvalue weighted by atomic mass is 16.7. The summed E-state index contributed by atoms with van der Waals surface area (Å²) in [5.41, 5.74) is 2.50. The molecule has 0 spiro atoms. The minimum atomic E-state index is -3.36. The SMILES string of the molecule is O=c1n(C2CCCC2)c2cc(Nc3cc(CN4CCOCC4)cc(-c4ccc5c(c4)OCCO5)n3)ncc2n1C(O)(O)O. The average molecular weight is 591 g/mol. The van der Waals surface area contributed by atoms with Crippen LogP contribution in [0.1, 0.15) is 37.3 Å². The molecule has 4 aromatic rings. The molecule has 3 aliphatic rings. The maximum absolute atomic E-state index is 13.3. The van der Waals surface area contributed by atoms with Gasteiger partial charge in [0.05, 0.1) is 36.1 Å². The number of hydrogen-bond donors (Lipinski definition) is 4. The Labute approximate surface area is 246 Å². The van der Waals surface area contributed by atoms with E-state index in [0.717, 1.165) is 55.6 Å². The summed E-state index contributed by atoms with van der Waals surface area (Å²) in [6, 6.07) is 11.4. The smallest absolute Gasteiger partial charge is 0.377 e. The van der Waals surface area contributed by atoms with Crippen molar-refractivity contribution >= 4 is 22.7 Å². The Morgan fingerprint density at radius 3 is 2.44 bits per heavy atom. The van der Waals surface area contributed by atoms with Gasteiger partial charge in [-0.2, -0.15) is 0 Å². The molecule has 3 aromatic heterocycles. The zero-order chi connectivity index (χ0) is 29.6. The molecule has 0 bridgehead atoms. The number of hydrogen-bond acceptors (Lipinski definition) is 11. The first kappa shape index (κ1) is 27.8. The summed E-state index contributed by atoms with van der Waals surface area (Å²) in [6.45, 7) is 4.75. The fourth-order valence-corrected chi connectivity index (χ4v) is 6.23. The van der Waals surface area contributed by atoms with Crippen LogP contribution in [-0.4, -0.2) is 78.8 Å². The molecule has 7 rings (SSSR count). The number of fused-ring (bicyclic) bond motifs is 2. The molecule has 2 aliphatic heterocycles. The quantitative estimate of drug-likeness (QED) is 0.234. The number of morpholine rings is 1. The van der Waals surface area contributed by atoms with Gasteiger partial charge >= 0.3 is 11.8 Å². The van der Waals surface area contributed by atoms with Crippen LogP contribution < -0.4 is 20.5 Å². The Balaban J connectivity index is 1.28. The molecule has 43 heavy (non-hydrogen) atoms. The molecule has 0 atom stereocenters. The summed E-state index contributed by atoms with van der Waals surface area (Å²) >= 11 is 0. The highest BCUT2D eigenvalue weighted by Crippen LogP contribution is 2.36. The zero-order valence-electron chi connectivity index (χ0n) is 23.6. The molecule has 13 heteroatoms. The van der Waals surface area contributed by atoms with Crippen LogP contribution in [0, 0.1) is 0 Å². The van der Waals surface area contributed by atoms with E-state index >= 15 is 0 Å². The molecule has 226 valence electrons. The van der Waals surface area contributed by atoms with Crippen molar-refractivity contribution in [1.82, 2.24) is 24.0 Å². The Morgan fingerprint density at radius 1 is 0.907 bits per heavy atom. The number of aromatic nitrogens is 4. The van der Waals surface area contributed by atoms with Gasteiger partial charge in [-0.25, -0.2) is 19.3 Å². The van der Waals surface area contributed by atoms with Gasteiger partial charge in [0.25, 0.3) is 0 Å². The van der Waals surface area contributed by atoms with Gasteiger partial charge in [-0.05, 0) is 48.7 Å². The summed E-state index contributed by atoms with van der Waals surface area (Å²) in [5, 5.41) is 33.3. The first-order valence-electron chi connectivity index (χ1n) is 14.6. The van der Waals surface area contributed by atoms with Gasteiger partial charge in [0.1, 0.15) is 24.8 Å². The summed E-state index contributed by atoms with van der Waals surface area (Å²) in [6.07, 6.45) is 1.48. The zero-order valence-corrected chi connectivity index (χ0v) is 23.6. The van der Waals surface area contributed by atoms with Gasteiger partial charge in [0, 0.05) is 37.3 Å². The second-order valence-electron chi connectivity index (χ2n) is 11.2. The number of anilines is 2. The maximum Gasteiger partial charge on any atom is 0.377 e. The summed E-state index contributed by atoms with van der Waals surface area (Å²) in [4.78, 5) is 25.0. The van der Waals surface area contributed by atoms with Gasteiger partial charge in [-0.15, -0.1) is 0 Å². The average Bonchev–Trinajstić information content (AvgIpc) is 3.62. The molecule has 0 unspecified atom stereocenters. The van der Waals surface area contributed by atoms with Gasteiger partial charge in [0.15, 0.2) is 11.5 Å². The number of nitrogens with zero attached hydrogens (tertiary/aromatic N) is 5. The Morgan fingerprint density at radius 2 is 1.67 bits per heavy atom. The molecule has 2 fully saturated rings. The number of aliphatic hydroxyl groups is 3. The maximum atomic E-state index is 13.3. The number of rotatable bonds is 7. The van der Waals surface area contributed by atoms with Crippen molar-refractivity contribution < 1.29 is 29.5 Å². The molecular formula is C30H34N6O7. The van der Waals surface area contributed by atoms with Crippen LogP contribution in [-0.2, 0) is 17.4 Å². The Hall–Kier alpha value is -4.01. The van der Waals surface area contributed by atoms with Gasteiger partial charge in [-0.1, -0.05) is 12.8 Å². The minimum absolute atomic E-state index is 0.112. The van der Waals surface area contributed by atoms with Crippen molar-refractivity contribution in [2.24, 2.45) is 0 Å². The molecule has 1 aromatic carbocycles. The number of ether oxygens (including phenoxy) is 3. The van der Waals surface area contributed by atoms with E-state index in [4.69, 9.17) is 19.2 Å². The van der Waals surface area contributed by atoms with E-state index in [1.165, 1.54) is 10.8 Å². The van der Waals surface area contributed by atoms with Crippen molar-refractivity contribution in [3.63, 3.8) is 0 Å². The van der Waals surface area contributed by atoms with Crippen LogP contribution in [0.25, 0.3) is 22.3 Å². The van der Waals surface area contributed by atoms with Crippen molar-refractivity contribution in [1.29, 1.82) is 0 Å². The van der Waals surface area contributed by atoms with Crippen LogP contribution in [0.3, 0.4) is 0 Å². The van der Waals surface area contributed by atoms with E-state index in [-0.39, 0.29) is 11.6 Å². The topological polar surface area (TPSA) is 156 Å². The normalized spacial score (nSPS) is 17.9. The largest absolute Gasteiger partial charge is 0.486 e. The summed E-state index contributed by atoms with van der Waals surface area (Å²) in [7, 11) is 0. The van der Waals surface area contributed by atoms with Crippen LogP contribution in [0.15, 0.2) is 47.4 Å². The van der Waals surface area contributed by atoms with E-state index in [9.17, 15) is 20.1 Å². The van der Waals surface area contributed by atoms with Crippen LogP contribution in [0.5, 0.6) is 11.5 Å². The highest BCUT2D eigenvalue weighted by Gasteiger charge is 2.32. The van der Waals surface area contributed by atoms with E-state index in [1.807, 2.05) is 24.3 Å². The lowest BCUT2D eigenvalue weighted by molar-refractivity contribution is -0.374. The van der Waals surface area contributed by atoms with E-state index in [0.29, 0.717) is 66.2 Å².